The number of ether oxygens (including phenoxy) is 6. The Labute approximate surface area is 636 Å². The third kappa shape index (κ3) is 45.4. The molecular weight excluding hydrogens is 1330 g/mol. The summed E-state index contributed by atoms with van der Waals surface area (Å²) in [5.41, 5.74) is 0. The van der Waals surface area contributed by atoms with Gasteiger partial charge in [-0.15, -0.1) is 0 Å². The van der Waals surface area contributed by atoms with E-state index in [0.717, 1.165) is 83.5 Å². The van der Waals surface area contributed by atoms with E-state index in [0.29, 0.717) is 6.42 Å². The van der Waals surface area contributed by atoms with E-state index < -0.39 is 124 Å². The van der Waals surface area contributed by atoms with E-state index in [4.69, 9.17) is 28.4 Å². The first-order chi connectivity index (χ1) is 51.3. The molecule has 0 aromatic rings. The van der Waals surface area contributed by atoms with Crippen LogP contribution in [0.4, 0.5) is 0 Å². The molecule has 0 saturated carbocycles. The van der Waals surface area contributed by atoms with Gasteiger partial charge < -0.3 is 89.9 Å². The predicted molar refractivity (Wildman–Crippen MR) is 420 cm³/mol. The summed E-state index contributed by atoms with van der Waals surface area (Å²) >= 11 is 0. The Morgan fingerprint density at radius 3 is 1.03 bits per heavy atom. The number of amides is 1. The highest BCUT2D eigenvalue weighted by Gasteiger charge is 2.54. The summed E-state index contributed by atoms with van der Waals surface area (Å²) in [5.74, 6) is -0.275. The van der Waals surface area contributed by atoms with Crippen LogP contribution in [0.1, 0.15) is 335 Å². The van der Waals surface area contributed by atoms with E-state index in [1.807, 2.05) is 6.08 Å². The fourth-order valence-corrected chi connectivity index (χ4v) is 14.2. The molecule has 0 spiro atoms. The number of hydrogen-bond acceptors (Lipinski definition) is 18. The monoisotopic (exact) mass is 1490 g/mol. The van der Waals surface area contributed by atoms with Crippen LogP contribution in [0.25, 0.3) is 0 Å². The van der Waals surface area contributed by atoms with Crippen LogP contribution in [0.15, 0.2) is 72.9 Å². The maximum Gasteiger partial charge on any atom is 0.220 e. The second-order valence-corrected chi connectivity index (χ2v) is 30.3. The number of allylic oxidation sites excluding steroid dienone is 11. The van der Waals surface area contributed by atoms with E-state index in [9.17, 15) is 61.0 Å². The van der Waals surface area contributed by atoms with Gasteiger partial charge in [-0.25, -0.2) is 0 Å². The molecule has 17 unspecified atom stereocenters. The average Bonchev–Trinajstić information content (AvgIpc) is 0.781. The van der Waals surface area contributed by atoms with E-state index in [-0.39, 0.29) is 18.9 Å². The number of carbonyl (C=O) groups excluding carboxylic acids is 1. The molecule has 3 saturated heterocycles. The Balaban J connectivity index is 1.36. The van der Waals surface area contributed by atoms with Crippen molar-refractivity contribution in [1.29, 1.82) is 0 Å². The molecule has 0 radical (unpaired) electrons. The van der Waals surface area contributed by atoms with Gasteiger partial charge in [-0.1, -0.05) is 337 Å². The summed E-state index contributed by atoms with van der Waals surface area (Å²) in [6.45, 7) is 1.67. The molecule has 3 rings (SSSR count). The van der Waals surface area contributed by atoms with Gasteiger partial charge in [0.15, 0.2) is 18.9 Å². The average molecular weight is 1490 g/mol. The lowest BCUT2D eigenvalue weighted by molar-refractivity contribution is -0.379. The van der Waals surface area contributed by atoms with E-state index in [1.165, 1.54) is 225 Å². The van der Waals surface area contributed by atoms with Gasteiger partial charge in [-0.3, -0.25) is 4.79 Å². The number of carbonyl (C=O) groups is 1. The van der Waals surface area contributed by atoms with Crippen molar-refractivity contribution in [2.45, 2.75) is 439 Å². The molecule has 19 heteroatoms. The highest BCUT2D eigenvalue weighted by atomic mass is 16.8. The SMILES string of the molecule is CC/C=C\C/C=C\C/C=C\C/C=C\C/C=C\CCCCCCCCCCCCCCCC(=O)NC(COC1OC(CO)C(OC2OC(CO)C(OC3OC(CO)C(O)C(O)C3O)C(O)C2O)C(O)C1O)C(O)/C=C/CCCCCCCCCCCCCCCCCCCCCCCCCCCCCCC. The van der Waals surface area contributed by atoms with Gasteiger partial charge >= 0.3 is 0 Å². The van der Waals surface area contributed by atoms with Crippen molar-refractivity contribution in [2.24, 2.45) is 0 Å². The van der Waals surface area contributed by atoms with Gasteiger partial charge in [0.05, 0.1) is 38.6 Å². The van der Waals surface area contributed by atoms with Crippen LogP contribution in [0.2, 0.25) is 0 Å². The summed E-state index contributed by atoms with van der Waals surface area (Å²) in [6.07, 6.45) is 60.3. The maximum absolute atomic E-state index is 13.5. The molecule has 3 fully saturated rings. The van der Waals surface area contributed by atoms with Crippen molar-refractivity contribution in [2.75, 3.05) is 26.4 Å². The zero-order valence-corrected chi connectivity index (χ0v) is 65.7. The lowest BCUT2D eigenvalue weighted by Gasteiger charge is -2.48. The molecule has 0 bridgehead atoms. The minimum absolute atomic E-state index is 0.239. The molecule has 19 nitrogen and oxygen atoms in total. The number of nitrogens with one attached hydrogen (secondary N) is 1. The number of rotatable bonds is 68. The topological polar surface area (TPSA) is 307 Å². The second kappa shape index (κ2) is 65.9. The van der Waals surface area contributed by atoms with Crippen molar-refractivity contribution >= 4 is 5.91 Å². The summed E-state index contributed by atoms with van der Waals surface area (Å²) in [6, 6.07) is -0.979. The van der Waals surface area contributed by atoms with Crippen molar-refractivity contribution in [3.63, 3.8) is 0 Å². The molecule has 612 valence electrons. The van der Waals surface area contributed by atoms with Gasteiger partial charge in [-0.2, -0.15) is 0 Å². The predicted octanol–water partition coefficient (Wildman–Crippen LogP) is 15.2. The summed E-state index contributed by atoms with van der Waals surface area (Å²) < 4.78 is 34.5. The van der Waals surface area contributed by atoms with Crippen molar-refractivity contribution < 1.29 is 89.4 Å². The highest BCUT2D eigenvalue weighted by molar-refractivity contribution is 5.76. The van der Waals surface area contributed by atoms with Crippen molar-refractivity contribution in [1.82, 2.24) is 5.32 Å². The quantitative estimate of drug-likeness (QED) is 0.0199. The van der Waals surface area contributed by atoms with Crippen LogP contribution in [0.3, 0.4) is 0 Å². The molecule has 0 aliphatic carbocycles. The van der Waals surface area contributed by atoms with Crippen LogP contribution in [0, 0.1) is 0 Å². The fourth-order valence-electron chi connectivity index (χ4n) is 14.2. The first kappa shape index (κ1) is 96.4. The Hall–Kier alpha value is -2.77. The molecule has 12 N–H and O–H groups in total. The Kier molecular flexibility index (Phi) is 60.5. The van der Waals surface area contributed by atoms with Crippen LogP contribution in [-0.4, -0.2) is 193 Å². The maximum atomic E-state index is 13.5. The summed E-state index contributed by atoms with van der Waals surface area (Å²) in [7, 11) is 0. The highest BCUT2D eigenvalue weighted by Crippen LogP contribution is 2.33. The van der Waals surface area contributed by atoms with Crippen molar-refractivity contribution in [3.05, 3.63) is 72.9 Å². The number of aliphatic hydroxyl groups is 11. The molecule has 0 aromatic heterocycles. The van der Waals surface area contributed by atoms with Gasteiger partial charge in [0.25, 0.3) is 0 Å². The van der Waals surface area contributed by atoms with Gasteiger partial charge in [0.1, 0.15) is 73.2 Å². The smallest absolute Gasteiger partial charge is 0.220 e. The lowest BCUT2D eigenvalue weighted by Crippen LogP contribution is -2.66. The van der Waals surface area contributed by atoms with E-state index in [1.54, 1.807) is 6.08 Å². The largest absolute Gasteiger partial charge is 0.394 e. The lowest BCUT2D eigenvalue weighted by atomic mass is 9.96. The molecule has 0 aromatic carbocycles. The van der Waals surface area contributed by atoms with E-state index in [2.05, 4.69) is 79.9 Å². The number of unbranched alkanes of at least 4 members (excludes halogenated alkanes) is 42. The first-order valence-electron chi connectivity index (χ1n) is 42.7. The standard InChI is InChI=1S/C86H155NO18/c1-3-5-7-9-11-13-15-17-19-21-23-25-27-29-31-33-34-36-37-39-41-43-45-47-49-51-53-55-57-59-61-63-70(91)69(87-74(92)64-62-60-58-56-54-52-50-48-46-44-42-40-38-35-32-30-28-26-24-22-20-18-16-14-12-10-8-6-4-2)68-100-84-80(98)77(95)82(72(66-89)102-84)105-86-81(99)78(96)83(73(67-90)103-86)104-85-79(97)76(94)75(93)71(65-88)101-85/h6,8,12,14,18,20,24,26,30,32,61,63,69-73,75-86,88-91,93-99H,3-5,7,9-11,13,15-17,19,21-23,25,27-29,31,33-60,62,64-68H2,1-2H3,(H,87,92)/b8-6-,14-12-,20-18-,26-24-,32-30-,63-61+. The second-order valence-electron chi connectivity index (χ2n) is 30.3. The number of aliphatic hydroxyl groups excluding tert-OH is 11. The fraction of sp³-hybridized carbons (Fsp3) is 0.849. The number of hydrogen-bond donors (Lipinski definition) is 12. The van der Waals surface area contributed by atoms with Crippen LogP contribution >= 0.6 is 0 Å². The third-order valence-electron chi connectivity index (χ3n) is 21.0. The third-order valence-corrected chi connectivity index (χ3v) is 21.0. The van der Waals surface area contributed by atoms with E-state index >= 15 is 0 Å². The van der Waals surface area contributed by atoms with Crippen molar-refractivity contribution in [3.8, 4) is 0 Å². The molecule has 3 aliphatic heterocycles. The molecule has 1 amide bonds. The minimum atomic E-state index is -1.98. The van der Waals surface area contributed by atoms with Crippen LogP contribution in [-0.2, 0) is 33.2 Å². The summed E-state index contributed by atoms with van der Waals surface area (Å²) in [5, 5.41) is 121. The van der Waals surface area contributed by atoms with Crippen LogP contribution < -0.4 is 5.32 Å². The van der Waals surface area contributed by atoms with Gasteiger partial charge in [0.2, 0.25) is 5.91 Å². The Bertz CT molecular complexity index is 2180. The van der Waals surface area contributed by atoms with Crippen LogP contribution in [0.5, 0.6) is 0 Å². The molecule has 3 aliphatic rings. The molecule has 3 heterocycles. The molecule has 17 atom stereocenters. The summed E-state index contributed by atoms with van der Waals surface area (Å²) in [4.78, 5) is 13.5. The normalized spacial score (nSPS) is 26.1. The zero-order valence-electron chi connectivity index (χ0n) is 65.7. The minimum Gasteiger partial charge on any atom is -0.394 e. The van der Waals surface area contributed by atoms with Gasteiger partial charge in [0, 0.05) is 6.42 Å². The molecular formula is C86H155NO18. The first-order valence-corrected chi connectivity index (χ1v) is 42.7. The Morgan fingerprint density at radius 2 is 0.657 bits per heavy atom. The Morgan fingerprint density at radius 1 is 0.352 bits per heavy atom. The zero-order chi connectivity index (χ0) is 76.0. The van der Waals surface area contributed by atoms with Gasteiger partial charge in [-0.05, 0) is 64.2 Å². The molecule has 105 heavy (non-hydrogen) atoms.